The van der Waals surface area contributed by atoms with Gasteiger partial charge in [-0.1, -0.05) is 66.7 Å². The molecule has 0 bridgehead atoms. The zero-order valence-electron chi connectivity index (χ0n) is 18.4. The second-order valence-corrected chi connectivity index (χ2v) is 7.87. The van der Waals surface area contributed by atoms with E-state index in [0.29, 0.717) is 11.3 Å². The van der Waals surface area contributed by atoms with E-state index >= 15 is 0 Å². The fourth-order valence-corrected chi connectivity index (χ4v) is 4.08. The molecule has 3 N–H and O–H groups in total. The number of carbonyl (C=O) groups is 3. The van der Waals surface area contributed by atoms with Gasteiger partial charge in [0.2, 0.25) is 5.91 Å². The van der Waals surface area contributed by atoms with Crippen molar-refractivity contribution in [1.29, 1.82) is 0 Å². The molecule has 0 atom stereocenters. The van der Waals surface area contributed by atoms with E-state index in [4.69, 9.17) is 9.84 Å². The number of aliphatic carboxylic acids is 1. The lowest BCUT2D eigenvalue weighted by Gasteiger charge is -2.14. The SMILES string of the molecule is O=C(O)Cc1cccc(NC(=O)/C=C/CNC(=O)OCC2c3ccccc3-c3ccccc32)c1. The number of anilines is 1. The number of carboxylic acid groups (broad SMARTS) is 1. The lowest BCUT2D eigenvalue weighted by Crippen LogP contribution is -2.26. The van der Waals surface area contributed by atoms with E-state index < -0.39 is 12.1 Å². The van der Waals surface area contributed by atoms with E-state index in [2.05, 4.69) is 34.9 Å². The van der Waals surface area contributed by atoms with Gasteiger partial charge in [-0.25, -0.2) is 4.79 Å². The van der Waals surface area contributed by atoms with Crippen LogP contribution < -0.4 is 10.6 Å². The van der Waals surface area contributed by atoms with E-state index in [0.717, 1.165) is 22.3 Å². The minimum absolute atomic E-state index is 0.0173. The molecular formula is C27H24N2O5. The Morgan fingerprint density at radius 3 is 2.26 bits per heavy atom. The van der Waals surface area contributed by atoms with Crippen LogP contribution in [0.4, 0.5) is 10.5 Å². The second kappa shape index (κ2) is 10.5. The molecule has 34 heavy (non-hydrogen) atoms. The Kier molecular flexibility index (Phi) is 7.03. The van der Waals surface area contributed by atoms with Gasteiger partial charge in [0.1, 0.15) is 6.61 Å². The summed E-state index contributed by atoms with van der Waals surface area (Å²) in [6.45, 7) is 0.347. The predicted octanol–water partition coefficient (Wildman–Crippen LogP) is 4.35. The highest BCUT2D eigenvalue weighted by Crippen LogP contribution is 2.44. The molecule has 0 fully saturated rings. The van der Waals surface area contributed by atoms with Crippen molar-refractivity contribution in [2.75, 3.05) is 18.5 Å². The van der Waals surface area contributed by atoms with Gasteiger partial charge in [-0.3, -0.25) is 9.59 Å². The number of fused-ring (bicyclic) bond motifs is 3. The maximum Gasteiger partial charge on any atom is 0.407 e. The number of amides is 2. The molecule has 0 spiro atoms. The average Bonchev–Trinajstić information content (AvgIpc) is 3.14. The van der Waals surface area contributed by atoms with Crippen LogP contribution in [0.3, 0.4) is 0 Å². The van der Waals surface area contributed by atoms with Gasteiger partial charge in [-0.05, 0) is 39.9 Å². The first-order valence-electron chi connectivity index (χ1n) is 10.9. The minimum atomic E-state index is -0.942. The number of alkyl carbamates (subject to hydrolysis) is 1. The molecule has 3 aromatic rings. The van der Waals surface area contributed by atoms with Crippen LogP contribution in [0.15, 0.2) is 84.9 Å². The first-order valence-corrected chi connectivity index (χ1v) is 10.9. The van der Waals surface area contributed by atoms with Gasteiger partial charge < -0.3 is 20.5 Å². The van der Waals surface area contributed by atoms with Gasteiger partial charge in [0.25, 0.3) is 0 Å². The standard InChI is InChI=1S/C27H24N2O5/c30-25(29-19-8-5-7-18(15-19)16-26(31)32)13-6-14-28-27(33)34-17-24-22-11-3-1-9-20(22)21-10-2-4-12-23(21)24/h1-13,15,24H,14,16-17H2,(H,28,33)(H,29,30)(H,31,32)/b13-6+. The van der Waals surface area contributed by atoms with Crippen LogP contribution in [0.25, 0.3) is 11.1 Å². The van der Waals surface area contributed by atoms with Crippen LogP contribution in [-0.4, -0.2) is 36.2 Å². The highest BCUT2D eigenvalue weighted by molar-refractivity contribution is 5.99. The number of benzene rings is 3. The molecular weight excluding hydrogens is 432 g/mol. The number of nitrogens with one attached hydrogen (secondary N) is 2. The molecule has 0 heterocycles. The third kappa shape index (κ3) is 5.50. The molecule has 2 amide bonds. The van der Waals surface area contributed by atoms with Crippen LogP contribution in [0, 0.1) is 0 Å². The molecule has 1 aliphatic carbocycles. The summed E-state index contributed by atoms with van der Waals surface area (Å²) in [6, 6.07) is 22.9. The van der Waals surface area contributed by atoms with Crippen molar-refractivity contribution in [1.82, 2.24) is 5.32 Å². The van der Waals surface area contributed by atoms with Gasteiger partial charge in [0, 0.05) is 24.2 Å². The first kappa shape index (κ1) is 22.8. The number of carboxylic acids is 1. The molecule has 7 nitrogen and oxygen atoms in total. The van der Waals surface area contributed by atoms with E-state index in [9.17, 15) is 14.4 Å². The van der Waals surface area contributed by atoms with Crippen molar-refractivity contribution < 1.29 is 24.2 Å². The Morgan fingerprint density at radius 2 is 1.59 bits per heavy atom. The summed E-state index contributed by atoms with van der Waals surface area (Å²) in [4.78, 5) is 35.1. The third-order valence-electron chi connectivity index (χ3n) is 5.53. The molecule has 172 valence electrons. The summed E-state index contributed by atoms with van der Waals surface area (Å²) in [5.74, 6) is -1.35. The van der Waals surface area contributed by atoms with Gasteiger partial charge in [-0.15, -0.1) is 0 Å². The van der Waals surface area contributed by atoms with Gasteiger partial charge in [0.15, 0.2) is 0 Å². The number of ether oxygens (including phenoxy) is 1. The van der Waals surface area contributed by atoms with Crippen molar-refractivity contribution in [3.05, 3.63) is 102 Å². The predicted molar refractivity (Wildman–Crippen MR) is 129 cm³/mol. The number of carbonyl (C=O) groups excluding carboxylic acids is 2. The number of rotatable bonds is 8. The Morgan fingerprint density at radius 1 is 0.912 bits per heavy atom. The summed E-state index contributed by atoms with van der Waals surface area (Å²) in [7, 11) is 0. The van der Waals surface area contributed by atoms with E-state index in [1.54, 1.807) is 24.3 Å². The summed E-state index contributed by atoms with van der Waals surface area (Å²) in [6.07, 6.45) is 2.13. The van der Waals surface area contributed by atoms with Crippen molar-refractivity contribution in [2.45, 2.75) is 12.3 Å². The van der Waals surface area contributed by atoms with Crippen LogP contribution in [0.1, 0.15) is 22.6 Å². The lowest BCUT2D eigenvalue weighted by molar-refractivity contribution is -0.136. The van der Waals surface area contributed by atoms with Crippen LogP contribution >= 0.6 is 0 Å². The van der Waals surface area contributed by atoms with Gasteiger partial charge in [-0.2, -0.15) is 0 Å². The van der Waals surface area contributed by atoms with Crippen molar-refractivity contribution >= 4 is 23.7 Å². The number of hydrogen-bond donors (Lipinski definition) is 3. The largest absolute Gasteiger partial charge is 0.481 e. The zero-order chi connectivity index (χ0) is 23.9. The molecule has 7 heteroatoms. The molecule has 4 rings (SSSR count). The average molecular weight is 456 g/mol. The topological polar surface area (TPSA) is 105 Å². The minimum Gasteiger partial charge on any atom is -0.481 e. The normalized spacial score (nSPS) is 12.1. The van der Waals surface area contributed by atoms with Crippen LogP contribution in [0.5, 0.6) is 0 Å². The monoisotopic (exact) mass is 456 g/mol. The summed E-state index contributed by atoms with van der Waals surface area (Å²) >= 11 is 0. The summed E-state index contributed by atoms with van der Waals surface area (Å²) < 4.78 is 5.45. The van der Waals surface area contributed by atoms with Crippen LogP contribution in [-0.2, 0) is 20.7 Å². The van der Waals surface area contributed by atoms with E-state index in [1.165, 1.54) is 12.2 Å². The molecule has 0 aromatic heterocycles. The Hall–Kier alpha value is -4.39. The Balaban J connectivity index is 1.24. The lowest BCUT2D eigenvalue weighted by atomic mass is 9.98. The molecule has 0 saturated heterocycles. The van der Waals surface area contributed by atoms with Gasteiger partial charge >= 0.3 is 12.1 Å². The second-order valence-electron chi connectivity index (χ2n) is 7.87. The zero-order valence-corrected chi connectivity index (χ0v) is 18.4. The van der Waals surface area contributed by atoms with Crippen LogP contribution in [0.2, 0.25) is 0 Å². The molecule has 1 aliphatic rings. The Bertz CT molecular complexity index is 1210. The Labute approximate surface area is 197 Å². The first-order chi connectivity index (χ1) is 16.5. The van der Waals surface area contributed by atoms with Crippen molar-refractivity contribution in [3.63, 3.8) is 0 Å². The summed E-state index contributed by atoms with van der Waals surface area (Å²) in [5.41, 5.74) is 5.69. The van der Waals surface area contributed by atoms with E-state index in [-0.39, 0.29) is 31.4 Å². The quantitative estimate of drug-likeness (QED) is 0.437. The van der Waals surface area contributed by atoms with Crippen molar-refractivity contribution in [3.8, 4) is 11.1 Å². The smallest absolute Gasteiger partial charge is 0.407 e. The highest BCUT2D eigenvalue weighted by Gasteiger charge is 2.28. The highest BCUT2D eigenvalue weighted by atomic mass is 16.5. The summed E-state index contributed by atoms with van der Waals surface area (Å²) in [5, 5.41) is 14.1. The van der Waals surface area contributed by atoms with Gasteiger partial charge in [0.05, 0.1) is 6.42 Å². The molecule has 0 unspecified atom stereocenters. The fraction of sp³-hybridized carbons (Fsp3) is 0.148. The third-order valence-corrected chi connectivity index (χ3v) is 5.53. The molecule has 3 aromatic carbocycles. The van der Waals surface area contributed by atoms with E-state index in [1.807, 2.05) is 24.3 Å². The van der Waals surface area contributed by atoms with Crippen molar-refractivity contribution in [2.24, 2.45) is 0 Å². The molecule has 0 radical (unpaired) electrons. The maximum atomic E-state index is 12.2. The molecule has 0 aliphatic heterocycles. The molecule has 0 saturated carbocycles. The fourth-order valence-electron chi connectivity index (χ4n) is 4.08. The number of hydrogen-bond acceptors (Lipinski definition) is 4. The maximum absolute atomic E-state index is 12.2.